The molecule has 2 fully saturated rings. The molecule has 1 aliphatic carbocycles. The maximum atomic E-state index is 13.0. The summed E-state index contributed by atoms with van der Waals surface area (Å²) in [6, 6.07) is 19.7. The molecule has 27 heavy (non-hydrogen) atoms. The van der Waals surface area contributed by atoms with Crippen molar-refractivity contribution >= 4 is 17.5 Å². The van der Waals surface area contributed by atoms with Crippen molar-refractivity contribution in [1.82, 2.24) is 0 Å². The maximum absolute atomic E-state index is 13.0. The van der Waals surface area contributed by atoms with Crippen LogP contribution in [0.1, 0.15) is 44.1 Å². The molecule has 1 unspecified atom stereocenters. The Balaban J connectivity index is 1.60. The van der Waals surface area contributed by atoms with Crippen molar-refractivity contribution in [2.75, 3.05) is 4.90 Å². The van der Waals surface area contributed by atoms with E-state index in [0.717, 1.165) is 49.1 Å². The number of para-hydroxylation sites is 1. The zero-order chi connectivity index (χ0) is 18.3. The van der Waals surface area contributed by atoms with Gasteiger partial charge >= 0.3 is 6.09 Å². The van der Waals surface area contributed by atoms with E-state index >= 15 is 0 Å². The molecule has 0 aromatic heterocycles. The van der Waals surface area contributed by atoms with Gasteiger partial charge in [-0.05, 0) is 43.4 Å². The molecule has 2 aromatic rings. The summed E-state index contributed by atoms with van der Waals surface area (Å²) in [6.07, 6.45) is 5.01. The Morgan fingerprint density at radius 3 is 2.26 bits per heavy atom. The van der Waals surface area contributed by atoms with Crippen LogP contribution < -0.4 is 4.90 Å². The maximum Gasteiger partial charge on any atom is 0.418 e. The molecule has 0 N–H and O–H groups in total. The third-order valence-corrected chi connectivity index (χ3v) is 6.03. The summed E-state index contributed by atoms with van der Waals surface area (Å²) >= 11 is 0. The highest BCUT2D eigenvalue weighted by Gasteiger charge is 2.70. The molecule has 0 radical (unpaired) electrons. The molecule has 5 heteroatoms. The van der Waals surface area contributed by atoms with Gasteiger partial charge in [-0.2, -0.15) is 0 Å². The number of nitrogens with zero attached hydrogens (tertiary/aromatic N) is 2. The number of ether oxygens (including phenoxy) is 1. The van der Waals surface area contributed by atoms with E-state index in [2.05, 4.69) is 5.16 Å². The molecule has 2 aliphatic heterocycles. The first-order valence-electron chi connectivity index (χ1n) is 9.63. The van der Waals surface area contributed by atoms with Crippen molar-refractivity contribution in [3.05, 3.63) is 66.2 Å². The molecule has 1 atom stereocenters. The first-order valence-corrected chi connectivity index (χ1v) is 9.63. The molecule has 1 saturated carbocycles. The summed E-state index contributed by atoms with van der Waals surface area (Å²) in [5, 5.41) is 4.44. The highest BCUT2D eigenvalue weighted by molar-refractivity contribution is 6.04. The SMILES string of the molecule is O=C1OC2(CCCCC2)C2(CC(c3ccccc3)=NO2)N1c1ccccc1. The number of amides is 1. The molecule has 138 valence electrons. The Morgan fingerprint density at radius 1 is 0.889 bits per heavy atom. The molecule has 5 nitrogen and oxygen atoms in total. The standard InChI is InChI=1S/C22H22N2O3/c25-20-24(18-12-6-2-7-13-18)22(21(26-20)14-8-3-9-15-21)16-19(23-27-22)17-10-4-1-5-11-17/h1-2,4-7,10-13H,3,8-9,14-16H2. The molecule has 2 spiro atoms. The molecule has 2 heterocycles. The van der Waals surface area contributed by atoms with Gasteiger partial charge in [0.1, 0.15) is 0 Å². The molecule has 1 saturated heterocycles. The highest BCUT2D eigenvalue weighted by atomic mass is 16.7. The van der Waals surface area contributed by atoms with E-state index < -0.39 is 11.3 Å². The Labute approximate surface area is 158 Å². The Kier molecular flexibility index (Phi) is 3.71. The van der Waals surface area contributed by atoms with Crippen molar-refractivity contribution < 1.29 is 14.4 Å². The largest absolute Gasteiger partial charge is 0.436 e. The van der Waals surface area contributed by atoms with E-state index in [-0.39, 0.29) is 6.09 Å². The van der Waals surface area contributed by atoms with Crippen molar-refractivity contribution in [3.63, 3.8) is 0 Å². The van der Waals surface area contributed by atoms with Gasteiger partial charge in [0.2, 0.25) is 0 Å². The number of hydrogen-bond donors (Lipinski definition) is 0. The van der Waals surface area contributed by atoms with Crippen LogP contribution in [0.25, 0.3) is 0 Å². The fraction of sp³-hybridized carbons (Fsp3) is 0.364. The third kappa shape index (κ3) is 2.37. The lowest BCUT2D eigenvalue weighted by molar-refractivity contribution is -0.145. The summed E-state index contributed by atoms with van der Waals surface area (Å²) < 4.78 is 6.07. The zero-order valence-electron chi connectivity index (χ0n) is 15.1. The van der Waals surface area contributed by atoms with Crippen molar-refractivity contribution in [2.24, 2.45) is 5.16 Å². The zero-order valence-corrected chi connectivity index (χ0v) is 15.1. The quantitative estimate of drug-likeness (QED) is 0.766. The van der Waals surface area contributed by atoms with E-state index in [1.165, 1.54) is 0 Å². The lowest BCUT2D eigenvalue weighted by Gasteiger charge is -2.43. The summed E-state index contributed by atoms with van der Waals surface area (Å²) in [5.41, 5.74) is 1.09. The molecule has 2 aromatic carbocycles. The summed E-state index contributed by atoms with van der Waals surface area (Å²) in [5.74, 6) is 0. The Bertz CT molecular complexity index is 875. The van der Waals surface area contributed by atoms with Crippen LogP contribution in [0.3, 0.4) is 0 Å². The average Bonchev–Trinajstić information content (AvgIpc) is 3.25. The molecule has 3 aliphatic rings. The number of carbonyl (C=O) groups excluding carboxylic acids is 1. The van der Waals surface area contributed by atoms with E-state index in [0.29, 0.717) is 6.42 Å². The number of anilines is 1. The Hall–Kier alpha value is -2.82. The fourth-order valence-corrected chi connectivity index (χ4v) is 4.72. The number of carbonyl (C=O) groups is 1. The Morgan fingerprint density at radius 2 is 1.56 bits per heavy atom. The molecule has 5 rings (SSSR count). The minimum absolute atomic E-state index is 0.340. The minimum Gasteiger partial charge on any atom is -0.436 e. The van der Waals surface area contributed by atoms with Crippen molar-refractivity contribution in [3.8, 4) is 0 Å². The van der Waals surface area contributed by atoms with Crippen LogP contribution in [0.15, 0.2) is 65.8 Å². The number of rotatable bonds is 2. The first-order chi connectivity index (χ1) is 13.2. The normalized spacial score (nSPS) is 26.1. The van der Waals surface area contributed by atoms with E-state index in [9.17, 15) is 4.79 Å². The summed E-state index contributed by atoms with van der Waals surface area (Å²) in [4.78, 5) is 20.9. The van der Waals surface area contributed by atoms with Crippen molar-refractivity contribution in [1.29, 1.82) is 0 Å². The van der Waals surface area contributed by atoms with Crippen molar-refractivity contribution in [2.45, 2.75) is 49.9 Å². The van der Waals surface area contributed by atoms with Gasteiger partial charge in [0.15, 0.2) is 5.60 Å². The minimum atomic E-state index is -0.920. The van der Waals surface area contributed by atoms with Crippen LogP contribution in [-0.2, 0) is 9.57 Å². The van der Waals surface area contributed by atoms with Crippen LogP contribution in [0.4, 0.5) is 10.5 Å². The topological polar surface area (TPSA) is 51.1 Å². The molecular formula is C22H22N2O3. The fourth-order valence-electron chi connectivity index (χ4n) is 4.72. The smallest absolute Gasteiger partial charge is 0.418 e. The van der Waals surface area contributed by atoms with E-state index in [1.54, 1.807) is 4.90 Å². The van der Waals surface area contributed by atoms with Crippen LogP contribution in [0, 0.1) is 0 Å². The van der Waals surface area contributed by atoms with Crippen LogP contribution in [0.5, 0.6) is 0 Å². The number of oxime groups is 1. The van der Waals surface area contributed by atoms with Gasteiger partial charge < -0.3 is 9.57 Å². The predicted octanol–water partition coefficient (Wildman–Crippen LogP) is 4.87. The van der Waals surface area contributed by atoms with Gasteiger partial charge in [-0.1, -0.05) is 60.1 Å². The monoisotopic (exact) mass is 362 g/mol. The third-order valence-electron chi connectivity index (χ3n) is 6.03. The number of fused-ring (bicyclic) bond motifs is 1. The number of hydrogen-bond acceptors (Lipinski definition) is 4. The van der Waals surface area contributed by atoms with Gasteiger partial charge in [0.25, 0.3) is 5.72 Å². The lowest BCUT2D eigenvalue weighted by Crippen LogP contribution is -2.60. The van der Waals surface area contributed by atoms with Crippen LogP contribution in [0.2, 0.25) is 0 Å². The second-order valence-electron chi connectivity index (χ2n) is 7.55. The summed E-state index contributed by atoms with van der Waals surface area (Å²) in [7, 11) is 0. The highest BCUT2D eigenvalue weighted by Crippen LogP contribution is 2.54. The van der Waals surface area contributed by atoms with Crippen LogP contribution in [-0.4, -0.2) is 23.1 Å². The predicted molar refractivity (Wildman–Crippen MR) is 103 cm³/mol. The van der Waals surface area contributed by atoms with Gasteiger partial charge in [-0.25, -0.2) is 9.69 Å². The number of benzene rings is 2. The molecule has 1 amide bonds. The first kappa shape index (κ1) is 16.4. The van der Waals surface area contributed by atoms with E-state index in [1.807, 2.05) is 60.7 Å². The molecular weight excluding hydrogens is 340 g/mol. The van der Waals surface area contributed by atoms with Gasteiger partial charge in [0.05, 0.1) is 17.8 Å². The average molecular weight is 362 g/mol. The van der Waals surface area contributed by atoms with Gasteiger partial charge in [0, 0.05) is 0 Å². The molecule has 0 bridgehead atoms. The summed E-state index contributed by atoms with van der Waals surface area (Å²) in [6.45, 7) is 0. The lowest BCUT2D eigenvalue weighted by atomic mass is 9.74. The van der Waals surface area contributed by atoms with Gasteiger partial charge in [-0.15, -0.1) is 0 Å². The second kappa shape index (κ2) is 6.12. The second-order valence-corrected chi connectivity index (χ2v) is 7.55. The van der Waals surface area contributed by atoms with Crippen LogP contribution >= 0.6 is 0 Å². The van der Waals surface area contributed by atoms with Gasteiger partial charge in [-0.3, -0.25) is 0 Å². The van der Waals surface area contributed by atoms with E-state index in [4.69, 9.17) is 9.57 Å².